The Morgan fingerprint density at radius 2 is 1.24 bits per heavy atom. The van der Waals surface area contributed by atoms with Crippen LogP contribution in [0.15, 0.2) is 48.6 Å². The first-order chi connectivity index (χ1) is 7.96. The van der Waals surface area contributed by atoms with Crippen molar-refractivity contribution in [3.05, 3.63) is 48.6 Å². The van der Waals surface area contributed by atoms with Gasteiger partial charge in [0.1, 0.15) is 0 Å². The fourth-order valence-electron chi connectivity index (χ4n) is 0.952. The molecule has 0 amide bonds. The Labute approximate surface area is 102 Å². The molecular weight excluding hydrogens is 239 g/mol. The molecule has 3 N–H and O–H groups in total. The number of allylic oxidation sites excluding steroid dienone is 6. The third kappa shape index (κ3) is 5.80. The molecule has 0 saturated carbocycles. The normalized spacial score (nSPS) is 20.5. The minimum absolute atomic E-state index is 1.17. The second-order valence-corrected chi connectivity index (χ2v) is 5.72. The minimum Gasteiger partial charge on any atom is -0.379 e. The lowest BCUT2D eigenvalue weighted by Gasteiger charge is -2.18. The van der Waals surface area contributed by atoms with Crippen LogP contribution in [0.5, 0.6) is 0 Å². The summed E-state index contributed by atoms with van der Waals surface area (Å²) in [5, 5.41) is 19.0. The van der Waals surface area contributed by atoms with Gasteiger partial charge < -0.3 is 15.1 Å². The highest BCUT2D eigenvalue weighted by Crippen LogP contribution is 2.50. The molecule has 0 aromatic carbocycles. The third-order valence-electron chi connectivity index (χ3n) is 1.93. The van der Waals surface area contributed by atoms with E-state index in [1.807, 2.05) is 0 Å². The van der Waals surface area contributed by atoms with Gasteiger partial charge in [-0.1, -0.05) is 36.5 Å². The molecule has 0 aliphatic rings. The summed E-state index contributed by atoms with van der Waals surface area (Å²) in [4.78, 5) is 9.56. The van der Waals surface area contributed by atoms with E-state index in [-0.39, 0.29) is 0 Å². The van der Waals surface area contributed by atoms with Gasteiger partial charge in [-0.25, -0.2) is 0 Å². The van der Waals surface area contributed by atoms with Crippen molar-refractivity contribution in [1.29, 1.82) is 0 Å². The molecule has 0 aromatic rings. The Balaban J connectivity index is 4.69. The number of aliphatic hydroxyl groups excluding tert-OH is 2. The van der Waals surface area contributed by atoms with Gasteiger partial charge >= 0.3 is 0 Å². The standard InChI is InChI=1S/C12H19O4P/c1-3-5-7-9-11(13)17(15,16)12(14)10-8-6-4-2/h3-14H,1-2H3,(H,15,16). The van der Waals surface area contributed by atoms with Gasteiger partial charge in [0.05, 0.1) is 0 Å². The zero-order valence-corrected chi connectivity index (χ0v) is 10.9. The summed E-state index contributed by atoms with van der Waals surface area (Å²) in [5.74, 6) is -3.16. The van der Waals surface area contributed by atoms with Gasteiger partial charge in [-0.15, -0.1) is 0 Å². The average molecular weight is 258 g/mol. The number of aliphatic hydroxyl groups is 2. The summed E-state index contributed by atoms with van der Waals surface area (Å²) in [6.07, 6.45) is 11.9. The first-order valence-electron chi connectivity index (χ1n) is 5.24. The molecule has 0 aliphatic carbocycles. The summed E-state index contributed by atoms with van der Waals surface area (Å²) in [6, 6.07) is 0. The molecule has 0 aromatic heterocycles. The Hall–Kier alpha value is -0.930. The van der Waals surface area contributed by atoms with E-state index in [1.165, 1.54) is 24.3 Å². The quantitative estimate of drug-likeness (QED) is 0.504. The minimum atomic E-state index is -4.09. The lowest BCUT2D eigenvalue weighted by Crippen LogP contribution is -2.14. The Morgan fingerprint density at radius 1 is 0.882 bits per heavy atom. The zero-order chi connectivity index (χ0) is 13.3. The maximum atomic E-state index is 11.7. The monoisotopic (exact) mass is 258 g/mol. The van der Waals surface area contributed by atoms with Crippen LogP contribution >= 0.6 is 7.37 Å². The van der Waals surface area contributed by atoms with Gasteiger partial charge in [-0.3, -0.25) is 4.57 Å². The molecule has 0 spiro atoms. The topological polar surface area (TPSA) is 77.8 Å². The lowest BCUT2D eigenvalue weighted by molar-refractivity contribution is 0.227. The van der Waals surface area contributed by atoms with E-state index in [1.54, 1.807) is 38.2 Å². The van der Waals surface area contributed by atoms with Gasteiger partial charge in [-0.05, 0) is 26.0 Å². The molecule has 5 heteroatoms. The molecule has 96 valence electrons. The van der Waals surface area contributed by atoms with Crippen molar-refractivity contribution in [2.24, 2.45) is 0 Å². The summed E-state index contributed by atoms with van der Waals surface area (Å²) in [6.45, 7) is 3.56. The van der Waals surface area contributed by atoms with Crippen LogP contribution in [-0.4, -0.2) is 26.8 Å². The number of rotatable bonds is 6. The van der Waals surface area contributed by atoms with Crippen LogP contribution in [0.4, 0.5) is 0 Å². The fraction of sp³-hybridized carbons (Fsp3) is 0.333. The van der Waals surface area contributed by atoms with E-state index in [2.05, 4.69) is 0 Å². The third-order valence-corrected chi connectivity index (χ3v) is 3.79. The van der Waals surface area contributed by atoms with Gasteiger partial charge in [0.2, 0.25) is 0 Å². The maximum absolute atomic E-state index is 11.7. The molecule has 0 bridgehead atoms. The van der Waals surface area contributed by atoms with E-state index in [4.69, 9.17) is 0 Å². The van der Waals surface area contributed by atoms with Crippen molar-refractivity contribution in [3.8, 4) is 0 Å². The van der Waals surface area contributed by atoms with Crippen LogP contribution in [0.1, 0.15) is 13.8 Å². The average Bonchev–Trinajstić information content (AvgIpc) is 2.29. The van der Waals surface area contributed by atoms with Crippen molar-refractivity contribution in [3.63, 3.8) is 0 Å². The van der Waals surface area contributed by atoms with Crippen molar-refractivity contribution in [1.82, 2.24) is 0 Å². The van der Waals surface area contributed by atoms with Crippen molar-refractivity contribution in [2.45, 2.75) is 25.5 Å². The molecule has 4 nitrogen and oxygen atoms in total. The van der Waals surface area contributed by atoms with E-state index < -0.39 is 19.1 Å². The molecule has 0 aliphatic heterocycles. The maximum Gasteiger partial charge on any atom is 0.263 e. The predicted molar refractivity (Wildman–Crippen MR) is 69.7 cm³/mol. The van der Waals surface area contributed by atoms with Crippen molar-refractivity contribution < 1.29 is 19.7 Å². The highest BCUT2D eigenvalue weighted by atomic mass is 31.2. The summed E-state index contributed by atoms with van der Waals surface area (Å²) >= 11 is 0. The van der Waals surface area contributed by atoms with Crippen molar-refractivity contribution >= 4 is 7.37 Å². The largest absolute Gasteiger partial charge is 0.379 e. The second kappa shape index (κ2) is 8.20. The molecule has 0 saturated heterocycles. The number of hydrogen-bond donors (Lipinski definition) is 3. The van der Waals surface area contributed by atoms with Crippen LogP contribution < -0.4 is 0 Å². The van der Waals surface area contributed by atoms with E-state index in [0.717, 1.165) is 0 Å². The van der Waals surface area contributed by atoms with Crippen LogP contribution in [-0.2, 0) is 4.57 Å². The van der Waals surface area contributed by atoms with E-state index in [9.17, 15) is 19.7 Å². The fourth-order valence-corrected chi connectivity index (χ4v) is 1.96. The van der Waals surface area contributed by atoms with Crippen molar-refractivity contribution in [2.75, 3.05) is 0 Å². The SMILES string of the molecule is CC=CC=CC(O)P(=O)(O)C(O)C=CC=CC. The molecule has 0 rings (SSSR count). The van der Waals surface area contributed by atoms with Crippen LogP contribution in [0.3, 0.4) is 0 Å². The Kier molecular flexibility index (Phi) is 7.75. The summed E-state index contributed by atoms with van der Waals surface area (Å²) < 4.78 is 11.7. The summed E-state index contributed by atoms with van der Waals surface area (Å²) in [5.41, 5.74) is 0. The molecule has 17 heavy (non-hydrogen) atoms. The molecule has 0 heterocycles. The van der Waals surface area contributed by atoms with E-state index >= 15 is 0 Å². The highest BCUT2D eigenvalue weighted by molar-refractivity contribution is 7.59. The van der Waals surface area contributed by atoms with Crippen LogP contribution in [0, 0.1) is 0 Å². The number of hydrogen-bond acceptors (Lipinski definition) is 3. The Bertz CT molecular complexity index is 337. The summed E-state index contributed by atoms with van der Waals surface area (Å²) in [7, 11) is -4.09. The zero-order valence-electron chi connectivity index (χ0n) is 9.97. The molecule has 2 unspecified atom stereocenters. The van der Waals surface area contributed by atoms with E-state index in [0.29, 0.717) is 0 Å². The molecular formula is C12H19O4P. The Morgan fingerprint density at radius 3 is 1.53 bits per heavy atom. The highest BCUT2D eigenvalue weighted by Gasteiger charge is 2.33. The lowest BCUT2D eigenvalue weighted by atomic mass is 10.4. The van der Waals surface area contributed by atoms with Crippen LogP contribution in [0.2, 0.25) is 0 Å². The molecule has 2 atom stereocenters. The predicted octanol–water partition coefficient (Wildman–Crippen LogP) is 2.16. The van der Waals surface area contributed by atoms with Crippen LogP contribution in [0.25, 0.3) is 0 Å². The van der Waals surface area contributed by atoms with Gasteiger partial charge in [0.25, 0.3) is 7.37 Å². The molecule has 0 fully saturated rings. The first-order valence-corrected chi connectivity index (χ1v) is 7.03. The molecule has 0 radical (unpaired) electrons. The van der Waals surface area contributed by atoms with Gasteiger partial charge in [0.15, 0.2) is 11.7 Å². The van der Waals surface area contributed by atoms with Gasteiger partial charge in [0, 0.05) is 0 Å². The smallest absolute Gasteiger partial charge is 0.263 e. The second-order valence-electron chi connectivity index (χ2n) is 3.32. The van der Waals surface area contributed by atoms with Gasteiger partial charge in [-0.2, -0.15) is 0 Å². The first kappa shape index (κ1) is 16.1.